The molecule has 4 heterocycles. The topological polar surface area (TPSA) is 157 Å². The van der Waals surface area contributed by atoms with Crippen molar-refractivity contribution in [3.05, 3.63) is 64.7 Å². The normalized spacial score (nSPS) is 23.0. The Labute approximate surface area is 272 Å². The van der Waals surface area contributed by atoms with E-state index in [1.54, 1.807) is 24.4 Å². The van der Waals surface area contributed by atoms with Crippen molar-refractivity contribution >= 4 is 39.0 Å². The summed E-state index contributed by atoms with van der Waals surface area (Å²) in [4.78, 5) is 49.0. The van der Waals surface area contributed by atoms with Gasteiger partial charge in [0.1, 0.15) is 23.4 Å². The van der Waals surface area contributed by atoms with E-state index in [4.69, 9.17) is 9.47 Å². The minimum Gasteiger partial charge on any atom is -0.485 e. The van der Waals surface area contributed by atoms with Gasteiger partial charge in [-0.1, -0.05) is 43.9 Å². The van der Waals surface area contributed by atoms with Crippen LogP contribution in [0.3, 0.4) is 0 Å². The number of ether oxygens (including phenoxy) is 2. The average Bonchev–Trinajstić information content (AvgIpc) is 3.75. The number of pyridine rings is 1. The summed E-state index contributed by atoms with van der Waals surface area (Å²) in [5.41, 5.74) is 0.168. The first kappa shape index (κ1) is 32.1. The van der Waals surface area contributed by atoms with Gasteiger partial charge in [0, 0.05) is 17.6 Å². The number of Topliss-reactive ketones (excluding diaryl/α,β-unsaturated/α-hetero) is 1. The molecule has 46 heavy (non-hydrogen) atoms. The van der Waals surface area contributed by atoms with Gasteiger partial charge in [-0.05, 0) is 56.4 Å². The van der Waals surface area contributed by atoms with E-state index in [0.29, 0.717) is 29.3 Å². The molecular weight excluding hydrogens is 631 g/mol. The van der Waals surface area contributed by atoms with Crippen molar-refractivity contribution < 1.29 is 32.3 Å². The molecule has 2 N–H and O–H groups in total. The number of benzene rings is 1. The van der Waals surface area contributed by atoms with Gasteiger partial charge in [0.05, 0.1) is 12.6 Å². The Kier molecular flexibility index (Phi) is 9.66. The second-order valence-electron chi connectivity index (χ2n) is 12.0. The number of thiazole rings is 1. The maximum atomic E-state index is 13.7. The first-order valence-corrected chi connectivity index (χ1v) is 17.9. The molecule has 1 unspecified atom stereocenters. The van der Waals surface area contributed by atoms with Crippen LogP contribution < -0.4 is 20.1 Å². The monoisotopic (exact) mass is 667 g/mol. The van der Waals surface area contributed by atoms with E-state index in [-0.39, 0.29) is 36.2 Å². The van der Waals surface area contributed by atoms with E-state index in [9.17, 15) is 22.8 Å². The Bertz CT molecular complexity index is 1680. The second-order valence-corrected chi connectivity index (χ2v) is 14.7. The number of rotatable bonds is 9. The molecular formula is C32H37N5O7S2. The third kappa shape index (κ3) is 7.08. The van der Waals surface area contributed by atoms with Crippen LogP contribution in [0, 0.1) is 5.92 Å². The fraction of sp³-hybridized carbons (Fsp3) is 0.469. The second kappa shape index (κ2) is 13.9. The van der Waals surface area contributed by atoms with Crippen LogP contribution in [-0.4, -0.2) is 71.6 Å². The van der Waals surface area contributed by atoms with Gasteiger partial charge < -0.3 is 20.1 Å². The lowest BCUT2D eigenvalue weighted by molar-refractivity contribution is -0.129. The molecule has 1 aliphatic carbocycles. The van der Waals surface area contributed by atoms with Crippen LogP contribution in [0.2, 0.25) is 0 Å². The number of hydrogen-bond donors (Lipinski definition) is 2. The standard InChI is InChI=1S/C32H37N5O7S2/c1-20-13-14-22(25(38)17-37(20)46(41,42)29-12-6-7-15-33-29)34-30(39)23(16-21-8-2-3-9-21)35-31(40)24-19-45-32(36-24)28-18-43-26-10-4-5-11-27(26)44-28/h4-7,10-12,15,19-23,28H,2-3,8-9,13-14,16-18H2,1H3,(H,34,39)(H,35,40)/t20-,22+,23+,28?/m1/s1. The van der Waals surface area contributed by atoms with Gasteiger partial charge in [0.2, 0.25) is 5.91 Å². The van der Waals surface area contributed by atoms with E-state index in [1.165, 1.54) is 23.6 Å². The zero-order valence-electron chi connectivity index (χ0n) is 25.5. The fourth-order valence-corrected chi connectivity index (χ4v) is 8.60. The first-order chi connectivity index (χ1) is 22.2. The molecule has 14 heteroatoms. The maximum absolute atomic E-state index is 13.7. The molecule has 0 spiro atoms. The lowest BCUT2D eigenvalue weighted by Crippen LogP contribution is -2.53. The summed E-state index contributed by atoms with van der Waals surface area (Å²) >= 11 is 1.28. The first-order valence-electron chi connectivity index (χ1n) is 15.6. The summed E-state index contributed by atoms with van der Waals surface area (Å²) in [6.07, 6.45) is 6.04. The van der Waals surface area contributed by atoms with Crippen LogP contribution in [0.5, 0.6) is 11.5 Å². The Morgan fingerprint density at radius 3 is 2.59 bits per heavy atom. The van der Waals surface area contributed by atoms with Gasteiger partial charge in [0.25, 0.3) is 15.9 Å². The Morgan fingerprint density at radius 1 is 1.07 bits per heavy atom. The van der Waals surface area contributed by atoms with Crippen molar-refractivity contribution in [3.63, 3.8) is 0 Å². The molecule has 3 aromatic rings. The molecule has 4 atom stereocenters. The SMILES string of the molecule is C[C@@H]1CC[C@H](NC(=O)[C@H](CC2CCCC2)NC(=O)c2csc(C3COc4ccccc4O3)n2)C(=O)CN1S(=O)(=O)c1ccccn1. The fourth-order valence-electron chi connectivity index (χ4n) is 6.22. The average molecular weight is 668 g/mol. The van der Waals surface area contributed by atoms with Crippen molar-refractivity contribution in [2.75, 3.05) is 13.2 Å². The number of para-hydroxylation sites is 2. The molecule has 0 radical (unpaired) electrons. The van der Waals surface area contributed by atoms with Crippen molar-refractivity contribution in [2.24, 2.45) is 5.92 Å². The summed E-state index contributed by atoms with van der Waals surface area (Å²) in [6, 6.07) is 9.70. The molecule has 2 aromatic heterocycles. The molecule has 2 aliphatic heterocycles. The zero-order valence-corrected chi connectivity index (χ0v) is 27.1. The summed E-state index contributed by atoms with van der Waals surface area (Å²) in [6.45, 7) is 1.61. The molecule has 0 bridgehead atoms. The number of aromatic nitrogens is 2. The third-order valence-electron chi connectivity index (χ3n) is 8.80. The van der Waals surface area contributed by atoms with E-state index in [1.807, 2.05) is 24.3 Å². The van der Waals surface area contributed by atoms with Crippen LogP contribution in [-0.2, 0) is 19.6 Å². The zero-order chi connectivity index (χ0) is 32.3. The summed E-state index contributed by atoms with van der Waals surface area (Å²) in [5.74, 6) is 0.142. The van der Waals surface area contributed by atoms with Crippen LogP contribution in [0.15, 0.2) is 59.1 Å². The van der Waals surface area contributed by atoms with Crippen molar-refractivity contribution in [2.45, 2.75) is 81.1 Å². The van der Waals surface area contributed by atoms with Gasteiger partial charge in [-0.15, -0.1) is 11.3 Å². The molecule has 12 nitrogen and oxygen atoms in total. The predicted molar refractivity (Wildman–Crippen MR) is 169 cm³/mol. The van der Waals surface area contributed by atoms with Crippen LogP contribution >= 0.6 is 11.3 Å². The number of nitrogens with zero attached hydrogens (tertiary/aromatic N) is 3. The van der Waals surface area contributed by atoms with Crippen molar-refractivity contribution in [3.8, 4) is 11.5 Å². The van der Waals surface area contributed by atoms with E-state index in [2.05, 4.69) is 20.6 Å². The number of sulfonamides is 1. The Balaban J connectivity index is 1.13. The molecule has 1 saturated carbocycles. The Hall–Kier alpha value is -3.88. The molecule has 2 fully saturated rings. The number of amides is 2. The van der Waals surface area contributed by atoms with Gasteiger partial charge in [-0.25, -0.2) is 18.4 Å². The van der Waals surface area contributed by atoms with Gasteiger partial charge >= 0.3 is 0 Å². The highest BCUT2D eigenvalue weighted by molar-refractivity contribution is 7.89. The van der Waals surface area contributed by atoms with E-state index in [0.717, 1.165) is 30.0 Å². The highest BCUT2D eigenvalue weighted by atomic mass is 32.2. The van der Waals surface area contributed by atoms with Crippen LogP contribution in [0.4, 0.5) is 0 Å². The smallest absolute Gasteiger partial charge is 0.271 e. The third-order valence-corrected chi connectivity index (χ3v) is 11.6. The number of carbonyl (C=O) groups excluding carboxylic acids is 3. The number of nitrogens with one attached hydrogen (secondary N) is 2. The molecule has 6 rings (SSSR count). The Morgan fingerprint density at radius 2 is 1.83 bits per heavy atom. The summed E-state index contributed by atoms with van der Waals surface area (Å²) < 4.78 is 39.6. The maximum Gasteiger partial charge on any atom is 0.271 e. The molecule has 3 aliphatic rings. The van der Waals surface area contributed by atoms with E-state index >= 15 is 0 Å². The lowest BCUT2D eigenvalue weighted by Gasteiger charge is -2.25. The van der Waals surface area contributed by atoms with Crippen molar-refractivity contribution in [1.82, 2.24) is 24.9 Å². The predicted octanol–water partition coefficient (Wildman–Crippen LogP) is 3.66. The largest absolute Gasteiger partial charge is 0.485 e. The van der Waals surface area contributed by atoms with Gasteiger partial charge in [0.15, 0.2) is 28.4 Å². The minimum absolute atomic E-state index is 0.130. The van der Waals surface area contributed by atoms with Crippen molar-refractivity contribution in [1.29, 1.82) is 0 Å². The highest BCUT2D eigenvalue weighted by Gasteiger charge is 2.38. The number of fused-ring (bicyclic) bond motifs is 1. The number of ketones is 1. The van der Waals surface area contributed by atoms with Gasteiger partial charge in [-0.2, -0.15) is 4.31 Å². The summed E-state index contributed by atoms with van der Waals surface area (Å²) in [7, 11) is -4.01. The number of hydrogen-bond acceptors (Lipinski definition) is 10. The molecule has 1 saturated heterocycles. The lowest BCUT2D eigenvalue weighted by atomic mass is 9.97. The van der Waals surface area contributed by atoms with Gasteiger partial charge in [-0.3, -0.25) is 14.4 Å². The molecule has 2 amide bonds. The molecule has 244 valence electrons. The summed E-state index contributed by atoms with van der Waals surface area (Å²) in [5, 5.41) is 7.80. The number of carbonyl (C=O) groups is 3. The highest BCUT2D eigenvalue weighted by Crippen LogP contribution is 2.36. The van der Waals surface area contributed by atoms with Crippen LogP contribution in [0.1, 0.15) is 73.5 Å². The quantitative estimate of drug-likeness (QED) is 0.348. The van der Waals surface area contributed by atoms with Crippen LogP contribution in [0.25, 0.3) is 0 Å². The minimum atomic E-state index is -4.01. The van der Waals surface area contributed by atoms with E-state index < -0.39 is 51.9 Å². The molecule has 1 aromatic carbocycles.